The van der Waals surface area contributed by atoms with Crippen LogP contribution in [-0.2, 0) is 0 Å². The standard InChI is InChI=1S/C14H21N3O/c15-12-7-6-10(8-13(12)16)9-17-14(18)11-4-2-1-3-5-11/h1-5,10,12-13H,6-9,15-16H2,(H,17,18)/t10?,12-,13+/m0/s1. The molecule has 4 heteroatoms. The van der Waals surface area contributed by atoms with Gasteiger partial charge < -0.3 is 16.8 Å². The lowest BCUT2D eigenvalue weighted by Crippen LogP contribution is -2.47. The van der Waals surface area contributed by atoms with E-state index in [1.807, 2.05) is 30.3 Å². The van der Waals surface area contributed by atoms with Crippen molar-refractivity contribution in [2.75, 3.05) is 6.54 Å². The van der Waals surface area contributed by atoms with Crippen LogP contribution in [0.3, 0.4) is 0 Å². The highest BCUT2D eigenvalue weighted by atomic mass is 16.1. The van der Waals surface area contributed by atoms with E-state index in [1.165, 1.54) is 0 Å². The van der Waals surface area contributed by atoms with Gasteiger partial charge in [-0.2, -0.15) is 0 Å². The summed E-state index contributed by atoms with van der Waals surface area (Å²) >= 11 is 0. The SMILES string of the molecule is N[C@@H]1CC(CNC(=O)c2ccccc2)CC[C@@H]1N. The Balaban J connectivity index is 1.80. The number of nitrogens with two attached hydrogens (primary N) is 2. The van der Waals surface area contributed by atoms with Crippen molar-refractivity contribution in [3.05, 3.63) is 35.9 Å². The first-order chi connectivity index (χ1) is 8.66. The van der Waals surface area contributed by atoms with Crippen LogP contribution in [0.2, 0.25) is 0 Å². The van der Waals surface area contributed by atoms with E-state index in [1.54, 1.807) is 0 Å². The van der Waals surface area contributed by atoms with E-state index in [-0.39, 0.29) is 18.0 Å². The molecule has 1 unspecified atom stereocenters. The van der Waals surface area contributed by atoms with Crippen LogP contribution >= 0.6 is 0 Å². The molecule has 2 rings (SSSR count). The molecule has 4 nitrogen and oxygen atoms in total. The van der Waals surface area contributed by atoms with Crippen LogP contribution in [0.25, 0.3) is 0 Å². The number of hydrogen-bond acceptors (Lipinski definition) is 3. The Morgan fingerprint density at radius 2 is 1.89 bits per heavy atom. The molecule has 0 heterocycles. The summed E-state index contributed by atoms with van der Waals surface area (Å²) in [5.74, 6) is 0.437. The molecule has 1 amide bonds. The molecule has 5 N–H and O–H groups in total. The summed E-state index contributed by atoms with van der Waals surface area (Å²) in [6, 6.07) is 9.45. The van der Waals surface area contributed by atoms with Gasteiger partial charge in [0, 0.05) is 24.2 Å². The third kappa shape index (κ3) is 3.31. The summed E-state index contributed by atoms with van der Waals surface area (Å²) < 4.78 is 0. The van der Waals surface area contributed by atoms with Gasteiger partial charge in [-0.15, -0.1) is 0 Å². The molecule has 1 aliphatic rings. The first-order valence-corrected chi connectivity index (χ1v) is 6.51. The molecule has 1 aromatic carbocycles. The molecule has 0 aromatic heterocycles. The Morgan fingerprint density at radius 3 is 2.56 bits per heavy atom. The molecular weight excluding hydrogens is 226 g/mol. The third-order valence-corrected chi connectivity index (χ3v) is 3.65. The fourth-order valence-electron chi connectivity index (χ4n) is 2.43. The normalized spacial score (nSPS) is 27.8. The van der Waals surface area contributed by atoms with E-state index in [2.05, 4.69) is 5.32 Å². The zero-order chi connectivity index (χ0) is 13.0. The van der Waals surface area contributed by atoms with Gasteiger partial charge in [-0.3, -0.25) is 4.79 Å². The first-order valence-electron chi connectivity index (χ1n) is 6.51. The highest BCUT2D eigenvalue weighted by Gasteiger charge is 2.25. The molecule has 1 aromatic rings. The highest BCUT2D eigenvalue weighted by molar-refractivity contribution is 5.94. The van der Waals surface area contributed by atoms with Crippen LogP contribution in [0.15, 0.2) is 30.3 Å². The number of nitrogens with one attached hydrogen (secondary N) is 1. The third-order valence-electron chi connectivity index (χ3n) is 3.65. The fourth-order valence-corrected chi connectivity index (χ4v) is 2.43. The van der Waals surface area contributed by atoms with E-state index < -0.39 is 0 Å². The molecule has 18 heavy (non-hydrogen) atoms. The molecule has 3 atom stereocenters. The summed E-state index contributed by atoms with van der Waals surface area (Å²) in [5.41, 5.74) is 12.5. The molecule has 1 fully saturated rings. The molecule has 98 valence electrons. The molecule has 0 saturated heterocycles. The second kappa shape index (κ2) is 5.98. The largest absolute Gasteiger partial charge is 0.352 e. The number of benzene rings is 1. The van der Waals surface area contributed by atoms with E-state index in [9.17, 15) is 4.79 Å². The molecule has 1 saturated carbocycles. The predicted molar refractivity (Wildman–Crippen MR) is 72.1 cm³/mol. The van der Waals surface area contributed by atoms with Gasteiger partial charge in [0.2, 0.25) is 0 Å². The number of hydrogen-bond donors (Lipinski definition) is 3. The molecule has 0 aliphatic heterocycles. The lowest BCUT2D eigenvalue weighted by atomic mass is 9.83. The quantitative estimate of drug-likeness (QED) is 0.741. The van der Waals surface area contributed by atoms with Gasteiger partial charge in [0.1, 0.15) is 0 Å². The number of carbonyl (C=O) groups is 1. The average molecular weight is 247 g/mol. The Hall–Kier alpha value is -1.39. The van der Waals surface area contributed by atoms with E-state index in [4.69, 9.17) is 11.5 Å². The number of amides is 1. The zero-order valence-corrected chi connectivity index (χ0v) is 10.5. The summed E-state index contributed by atoms with van der Waals surface area (Å²) in [6.45, 7) is 0.689. The molecular formula is C14H21N3O. The van der Waals surface area contributed by atoms with Crippen molar-refractivity contribution in [3.8, 4) is 0 Å². The van der Waals surface area contributed by atoms with E-state index in [0.717, 1.165) is 19.3 Å². The second-order valence-electron chi connectivity index (χ2n) is 5.08. The van der Waals surface area contributed by atoms with Gasteiger partial charge in [0.05, 0.1) is 0 Å². The lowest BCUT2D eigenvalue weighted by Gasteiger charge is -2.31. The summed E-state index contributed by atoms with van der Waals surface area (Å²) in [6.07, 6.45) is 2.90. The van der Waals surface area contributed by atoms with Crippen LogP contribution in [0, 0.1) is 5.92 Å². The number of carbonyl (C=O) groups excluding carboxylic acids is 1. The fraction of sp³-hybridized carbons (Fsp3) is 0.500. The average Bonchev–Trinajstić information content (AvgIpc) is 2.41. The minimum atomic E-state index is -0.0148. The Kier molecular flexibility index (Phi) is 4.33. The topological polar surface area (TPSA) is 81.1 Å². The van der Waals surface area contributed by atoms with Crippen LogP contribution in [0.5, 0.6) is 0 Å². The maximum atomic E-state index is 11.9. The van der Waals surface area contributed by atoms with Crippen molar-refractivity contribution >= 4 is 5.91 Å². The molecule has 0 spiro atoms. The van der Waals surface area contributed by atoms with Gasteiger partial charge in [-0.25, -0.2) is 0 Å². The second-order valence-corrected chi connectivity index (χ2v) is 5.08. The van der Waals surface area contributed by atoms with Crippen molar-refractivity contribution in [2.45, 2.75) is 31.3 Å². The zero-order valence-electron chi connectivity index (χ0n) is 10.5. The lowest BCUT2D eigenvalue weighted by molar-refractivity contribution is 0.0941. The minimum absolute atomic E-state index is 0.0148. The molecule has 0 radical (unpaired) electrons. The Morgan fingerprint density at radius 1 is 1.17 bits per heavy atom. The maximum Gasteiger partial charge on any atom is 0.251 e. The van der Waals surface area contributed by atoms with Crippen molar-refractivity contribution in [1.29, 1.82) is 0 Å². The predicted octanol–water partition coefficient (Wildman–Crippen LogP) is 0.871. The van der Waals surface area contributed by atoms with Gasteiger partial charge in [0.25, 0.3) is 5.91 Å². The van der Waals surface area contributed by atoms with Crippen LogP contribution in [-0.4, -0.2) is 24.5 Å². The van der Waals surface area contributed by atoms with Crippen molar-refractivity contribution in [3.63, 3.8) is 0 Å². The smallest absolute Gasteiger partial charge is 0.251 e. The summed E-state index contributed by atoms with van der Waals surface area (Å²) in [5, 5.41) is 2.97. The molecule has 0 bridgehead atoms. The molecule has 1 aliphatic carbocycles. The summed E-state index contributed by atoms with van der Waals surface area (Å²) in [7, 11) is 0. The monoisotopic (exact) mass is 247 g/mol. The van der Waals surface area contributed by atoms with Crippen molar-refractivity contribution in [2.24, 2.45) is 17.4 Å². The van der Waals surface area contributed by atoms with Crippen molar-refractivity contribution in [1.82, 2.24) is 5.32 Å². The summed E-state index contributed by atoms with van der Waals surface area (Å²) in [4.78, 5) is 11.9. The van der Waals surface area contributed by atoms with Gasteiger partial charge in [0.15, 0.2) is 0 Å². The van der Waals surface area contributed by atoms with Crippen LogP contribution in [0.4, 0.5) is 0 Å². The van der Waals surface area contributed by atoms with Crippen LogP contribution in [0.1, 0.15) is 29.6 Å². The van der Waals surface area contributed by atoms with Gasteiger partial charge in [-0.1, -0.05) is 18.2 Å². The first kappa shape index (κ1) is 13.1. The van der Waals surface area contributed by atoms with Crippen LogP contribution < -0.4 is 16.8 Å². The van der Waals surface area contributed by atoms with E-state index >= 15 is 0 Å². The Labute approximate surface area is 108 Å². The Bertz CT molecular complexity index is 393. The van der Waals surface area contributed by atoms with Gasteiger partial charge >= 0.3 is 0 Å². The number of rotatable bonds is 3. The minimum Gasteiger partial charge on any atom is -0.352 e. The maximum absolute atomic E-state index is 11.9. The highest BCUT2D eigenvalue weighted by Crippen LogP contribution is 2.21. The van der Waals surface area contributed by atoms with E-state index in [0.29, 0.717) is 18.0 Å². The van der Waals surface area contributed by atoms with Crippen molar-refractivity contribution < 1.29 is 4.79 Å². The van der Waals surface area contributed by atoms with Gasteiger partial charge in [-0.05, 0) is 37.3 Å².